The second-order valence-corrected chi connectivity index (χ2v) is 6.08. The average Bonchev–Trinajstić information content (AvgIpc) is 2.27. The normalized spacial score (nSPS) is 13.6. The van der Waals surface area contributed by atoms with E-state index in [1.54, 1.807) is 19.2 Å². The number of benzene rings is 1. The van der Waals surface area contributed by atoms with Gasteiger partial charge in [0, 0.05) is 12.8 Å². The third kappa shape index (κ3) is 4.29. The van der Waals surface area contributed by atoms with Crippen molar-refractivity contribution in [2.24, 2.45) is 11.1 Å². The van der Waals surface area contributed by atoms with Gasteiger partial charge in [0.25, 0.3) is 0 Å². The lowest BCUT2D eigenvalue weighted by atomic mass is 10.1. The van der Waals surface area contributed by atoms with Crippen LogP contribution in [0, 0.1) is 5.92 Å². The van der Waals surface area contributed by atoms with Crippen molar-refractivity contribution in [1.29, 1.82) is 0 Å². The maximum atomic E-state index is 11.3. The smallest absolute Gasteiger partial charge is 0.238 e. The predicted octanol–water partition coefficient (Wildman–Crippen LogP) is 1.42. The molecule has 102 valence electrons. The molecule has 1 unspecified atom stereocenters. The quantitative estimate of drug-likeness (QED) is 0.820. The van der Waals surface area contributed by atoms with E-state index in [0.29, 0.717) is 12.5 Å². The number of hydrogen-bond donors (Lipinski definition) is 2. The van der Waals surface area contributed by atoms with Crippen LogP contribution in [-0.4, -0.2) is 28.2 Å². The standard InChI is InChI=1S/C12H20N2O3S/c1-9(2)12(8-17-3)14-10-5-4-6-11(7-10)18(13,15)16/h4-7,9,12,14H,8H2,1-3H3,(H2,13,15,16). The fourth-order valence-corrected chi connectivity index (χ4v) is 2.12. The molecule has 6 heteroatoms. The number of nitrogens with two attached hydrogens (primary N) is 1. The minimum atomic E-state index is -3.66. The summed E-state index contributed by atoms with van der Waals surface area (Å²) in [6.45, 7) is 4.69. The van der Waals surface area contributed by atoms with E-state index < -0.39 is 10.0 Å². The molecule has 1 aromatic carbocycles. The SMILES string of the molecule is COCC(Nc1cccc(S(N)(=O)=O)c1)C(C)C. The molecule has 18 heavy (non-hydrogen) atoms. The van der Waals surface area contributed by atoms with E-state index in [-0.39, 0.29) is 10.9 Å². The number of hydrogen-bond acceptors (Lipinski definition) is 4. The summed E-state index contributed by atoms with van der Waals surface area (Å²) in [4.78, 5) is 0.104. The molecule has 0 radical (unpaired) electrons. The summed E-state index contributed by atoms with van der Waals surface area (Å²) in [5, 5.41) is 8.34. The van der Waals surface area contributed by atoms with Gasteiger partial charge in [-0.1, -0.05) is 19.9 Å². The number of rotatable bonds is 6. The highest BCUT2D eigenvalue weighted by atomic mass is 32.2. The van der Waals surface area contributed by atoms with E-state index in [4.69, 9.17) is 9.88 Å². The maximum absolute atomic E-state index is 11.3. The molecule has 0 bridgehead atoms. The first kappa shape index (κ1) is 14.9. The second-order valence-electron chi connectivity index (χ2n) is 4.52. The topological polar surface area (TPSA) is 81.4 Å². The zero-order valence-corrected chi connectivity index (χ0v) is 11.7. The second kappa shape index (κ2) is 6.17. The molecule has 0 aliphatic carbocycles. The summed E-state index contributed by atoms with van der Waals surface area (Å²) in [7, 11) is -2.03. The molecule has 0 aromatic heterocycles. The molecular weight excluding hydrogens is 252 g/mol. The minimum absolute atomic E-state index is 0.104. The van der Waals surface area contributed by atoms with Gasteiger partial charge in [-0.15, -0.1) is 0 Å². The Labute approximate surface area is 108 Å². The number of methoxy groups -OCH3 is 1. The zero-order valence-electron chi connectivity index (χ0n) is 10.9. The number of primary sulfonamides is 1. The third-order valence-electron chi connectivity index (χ3n) is 2.67. The fraction of sp³-hybridized carbons (Fsp3) is 0.500. The highest BCUT2D eigenvalue weighted by molar-refractivity contribution is 7.89. The van der Waals surface area contributed by atoms with Crippen molar-refractivity contribution in [3.63, 3.8) is 0 Å². The van der Waals surface area contributed by atoms with E-state index in [2.05, 4.69) is 19.2 Å². The Morgan fingerprint density at radius 1 is 1.39 bits per heavy atom. The molecule has 0 saturated carbocycles. The molecular formula is C12H20N2O3S. The van der Waals surface area contributed by atoms with Crippen molar-refractivity contribution < 1.29 is 13.2 Å². The van der Waals surface area contributed by atoms with Crippen LogP contribution in [0.25, 0.3) is 0 Å². The first-order valence-electron chi connectivity index (χ1n) is 5.73. The molecule has 0 fully saturated rings. The summed E-state index contributed by atoms with van der Waals surface area (Å²) in [5.41, 5.74) is 0.720. The highest BCUT2D eigenvalue weighted by Gasteiger charge is 2.14. The molecule has 0 aliphatic rings. The Bertz CT molecular complexity index is 486. The summed E-state index contributed by atoms with van der Waals surface area (Å²) in [5.74, 6) is 0.364. The van der Waals surface area contributed by atoms with Gasteiger partial charge in [0.05, 0.1) is 17.5 Å². The van der Waals surface area contributed by atoms with Gasteiger partial charge >= 0.3 is 0 Å². The van der Waals surface area contributed by atoms with Crippen molar-refractivity contribution >= 4 is 15.7 Å². The molecule has 0 heterocycles. The average molecular weight is 272 g/mol. The number of ether oxygens (including phenoxy) is 1. The lowest BCUT2D eigenvalue weighted by Crippen LogP contribution is -2.30. The lowest BCUT2D eigenvalue weighted by Gasteiger charge is -2.22. The van der Waals surface area contributed by atoms with Crippen molar-refractivity contribution in [3.05, 3.63) is 24.3 Å². The van der Waals surface area contributed by atoms with E-state index in [1.807, 2.05) is 0 Å². The maximum Gasteiger partial charge on any atom is 0.238 e. The van der Waals surface area contributed by atoms with Crippen LogP contribution in [-0.2, 0) is 14.8 Å². The van der Waals surface area contributed by atoms with Gasteiger partial charge in [0.2, 0.25) is 10.0 Å². The Hall–Kier alpha value is -1.11. The Morgan fingerprint density at radius 3 is 2.56 bits per heavy atom. The molecule has 1 atom stereocenters. The van der Waals surface area contributed by atoms with Gasteiger partial charge in [-0.05, 0) is 24.1 Å². The van der Waals surface area contributed by atoms with Crippen molar-refractivity contribution in [2.75, 3.05) is 19.0 Å². The Balaban J connectivity index is 2.90. The summed E-state index contributed by atoms with van der Waals surface area (Å²) < 4.78 is 27.6. The van der Waals surface area contributed by atoms with Crippen LogP contribution in [0.1, 0.15) is 13.8 Å². The first-order chi connectivity index (χ1) is 8.34. The molecule has 3 N–H and O–H groups in total. The van der Waals surface area contributed by atoms with Crippen LogP contribution in [0.3, 0.4) is 0 Å². The summed E-state index contributed by atoms with van der Waals surface area (Å²) in [6.07, 6.45) is 0. The van der Waals surface area contributed by atoms with Crippen LogP contribution in [0.15, 0.2) is 29.2 Å². The van der Waals surface area contributed by atoms with Gasteiger partial charge in [0.1, 0.15) is 0 Å². The van der Waals surface area contributed by atoms with Gasteiger partial charge in [-0.3, -0.25) is 0 Å². The van der Waals surface area contributed by atoms with Crippen molar-refractivity contribution in [3.8, 4) is 0 Å². The Morgan fingerprint density at radius 2 is 2.06 bits per heavy atom. The molecule has 0 spiro atoms. The predicted molar refractivity (Wildman–Crippen MR) is 71.9 cm³/mol. The van der Waals surface area contributed by atoms with Crippen LogP contribution in [0.5, 0.6) is 0 Å². The Kier molecular flexibility index (Phi) is 5.13. The fourth-order valence-electron chi connectivity index (χ4n) is 1.56. The van der Waals surface area contributed by atoms with Crippen molar-refractivity contribution in [1.82, 2.24) is 0 Å². The highest BCUT2D eigenvalue weighted by Crippen LogP contribution is 2.17. The monoisotopic (exact) mass is 272 g/mol. The molecule has 5 nitrogen and oxygen atoms in total. The minimum Gasteiger partial charge on any atom is -0.383 e. The third-order valence-corrected chi connectivity index (χ3v) is 3.58. The molecule has 0 saturated heterocycles. The molecule has 0 aliphatic heterocycles. The van der Waals surface area contributed by atoms with Gasteiger partial charge in [-0.2, -0.15) is 0 Å². The molecule has 1 aromatic rings. The zero-order chi connectivity index (χ0) is 13.8. The van der Waals surface area contributed by atoms with Gasteiger partial charge < -0.3 is 10.1 Å². The largest absolute Gasteiger partial charge is 0.383 e. The van der Waals surface area contributed by atoms with E-state index in [1.165, 1.54) is 12.1 Å². The van der Waals surface area contributed by atoms with Crippen molar-refractivity contribution in [2.45, 2.75) is 24.8 Å². The van der Waals surface area contributed by atoms with Gasteiger partial charge in [0.15, 0.2) is 0 Å². The summed E-state index contributed by atoms with van der Waals surface area (Å²) >= 11 is 0. The van der Waals surface area contributed by atoms with Gasteiger partial charge in [-0.25, -0.2) is 13.6 Å². The number of sulfonamides is 1. The molecule has 1 rings (SSSR count). The number of anilines is 1. The first-order valence-corrected chi connectivity index (χ1v) is 7.27. The van der Waals surface area contributed by atoms with E-state index >= 15 is 0 Å². The lowest BCUT2D eigenvalue weighted by molar-refractivity contribution is 0.171. The number of nitrogens with one attached hydrogen (secondary N) is 1. The van der Waals surface area contributed by atoms with Crippen LogP contribution in [0.4, 0.5) is 5.69 Å². The van der Waals surface area contributed by atoms with E-state index in [9.17, 15) is 8.42 Å². The molecule has 0 amide bonds. The van der Waals surface area contributed by atoms with Crippen LogP contribution in [0.2, 0.25) is 0 Å². The summed E-state index contributed by atoms with van der Waals surface area (Å²) in [6, 6.07) is 6.58. The van der Waals surface area contributed by atoms with Crippen LogP contribution >= 0.6 is 0 Å². The van der Waals surface area contributed by atoms with Crippen LogP contribution < -0.4 is 10.5 Å². The van der Waals surface area contributed by atoms with E-state index in [0.717, 1.165) is 5.69 Å².